The monoisotopic (exact) mass is 700 g/mol. The zero-order valence-corrected chi connectivity index (χ0v) is 28.5. The summed E-state index contributed by atoms with van der Waals surface area (Å²) in [5, 5.41) is 8.51. The minimum Gasteiger partial charge on any atom is -0.369 e. The second-order valence-electron chi connectivity index (χ2n) is 14.0. The first-order valence-electron chi connectivity index (χ1n) is 18.0. The first kappa shape index (κ1) is 32.9. The number of benzene rings is 4. The molecule has 4 aliphatic rings. The number of Topliss-reactive ketones (excluding diaryl/α,β-unsaturated/α-hetero) is 2. The van der Waals surface area contributed by atoms with Crippen molar-refractivity contribution in [3.63, 3.8) is 0 Å². The number of ketones is 2. The van der Waals surface area contributed by atoms with Crippen LogP contribution in [0.4, 0.5) is 8.78 Å². The molecule has 0 radical (unpaired) electrons. The van der Waals surface area contributed by atoms with Crippen molar-refractivity contribution >= 4 is 33.4 Å². The molecule has 10 rings (SSSR count). The maximum absolute atomic E-state index is 15.0. The smallest absolute Gasteiger partial charge is 0.189 e. The van der Waals surface area contributed by atoms with E-state index in [1.54, 1.807) is 12.1 Å². The van der Waals surface area contributed by atoms with E-state index < -0.39 is 0 Å². The molecule has 2 saturated heterocycles. The van der Waals surface area contributed by atoms with Crippen molar-refractivity contribution in [2.75, 3.05) is 26.3 Å². The molecule has 0 saturated carbocycles. The zero-order chi connectivity index (χ0) is 35.3. The van der Waals surface area contributed by atoms with Crippen LogP contribution in [0, 0.1) is 11.6 Å². The van der Waals surface area contributed by atoms with Gasteiger partial charge >= 0.3 is 0 Å². The lowest BCUT2D eigenvalue weighted by atomic mass is 9.98. The normalized spacial score (nSPS) is 19.9. The van der Waals surface area contributed by atoms with Crippen LogP contribution in [0.25, 0.3) is 44.3 Å². The third-order valence-corrected chi connectivity index (χ3v) is 10.9. The van der Waals surface area contributed by atoms with Crippen molar-refractivity contribution in [1.29, 1.82) is 0 Å². The van der Waals surface area contributed by atoms with Gasteiger partial charge in [-0.1, -0.05) is 36.4 Å². The molecular weight excluding hydrogens is 662 g/mol. The van der Waals surface area contributed by atoms with E-state index >= 15 is 0 Å². The van der Waals surface area contributed by atoms with Gasteiger partial charge in [-0.15, -0.1) is 0 Å². The van der Waals surface area contributed by atoms with Crippen LogP contribution in [0.5, 0.6) is 0 Å². The highest BCUT2D eigenvalue weighted by Gasteiger charge is 2.27. The van der Waals surface area contributed by atoms with Gasteiger partial charge in [-0.3, -0.25) is 9.59 Å². The molecule has 4 N–H and O–H groups in total. The molecule has 10 heteroatoms. The van der Waals surface area contributed by atoms with E-state index in [0.29, 0.717) is 46.9 Å². The third-order valence-electron chi connectivity index (χ3n) is 10.9. The fourth-order valence-corrected chi connectivity index (χ4v) is 8.33. The van der Waals surface area contributed by atoms with E-state index in [1.807, 2.05) is 60.7 Å². The maximum Gasteiger partial charge on any atom is 0.189 e. The summed E-state index contributed by atoms with van der Waals surface area (Å²) in [6.07, 6.45) is 4.31. The summed E-state index contributed by atoms with van der Waals surface area (Å²) in [6.45, 7) is 2.67. The van der Waals surface area contributed by atoms with Crippen molar-refractivity contribution in [2.45, 2.75) is 51.0 Å². The highest BCUT2D eigenvalue weighted by atomic mass is 19.1. The Balaban J connectivity index is 0.000000138. The van der Waals surface area contributed by atoms with Gasteiger partial charge in [-0.2, -0.15) is 0 Å². The highest BCUT2D eigenvalue weighted by Crippen LogP contribution is 2.39. The van der Waals surface area contributed by atoms with Crippen molar-refractivity contribution in [3.05, 3.63) is 118 Å². The summed E-state index contributed by atoms with van der Waals surface area (Å²) in [5.41, 5.74) is 9.07. The summed E-state index contributed by atoms with van der Waals surface area (Å²) in [4.78, 5) is 31.2. The minimum absolute atomic E-state index is 0.0389. The van der Waals surface area contributed by atoms with E-state index in [-0.39, 0.29) is 48.5 Å². The molecule has 0 spiro atoms. The topological polar surface area (TPSA) is 108 Å². The number of ether oxygens (including phenoxy) is 2. The quantitative estimate of drug-likeness (QED) is 0.148. The minimum atomic E-state index is -0.254. The molecule has 6 heterocycles. The molecule has 0 bridgehead atoms. The number of halogens is 2. The molecule has 2 fully saturated rings. The Hall–Kier alpha value is -5.00. The maximum atomic E-state index is 15.0. The van der Waals surface area contributed by atoms with Crippen molar-refractivity contribution in [1.82, 2.24) is 20.6 Å². The fourth-order valence-electron chi connectivity index (χ4n) is 8.33. The predicted octanol–water partition coefficient (Wildman–Crippen LogP) is 8.22. The van der Waals surface area contributed by atoms with Crippen LogP contribution < -0.4 is 10.6 Å². The van der Waals surface area contributed by atoms with E-state index in [0.717, 1.165) is 82.8 Å². The molecule has 0 aliphatic carbocycles. The Morgan fingerprint density at radius 2 is 1.02 bits per heavy atom. The fraction of sp³-hybridized carbons (Fsp3) is 0.286. The van der Waals surface area contributed by atoms with Crippen molar-refractivity contribution < 1.29 is 27.8 Å². The number of carbonyl (C=O) groups is 2. The number of aromatic nitrogens is 2. The number of aromatic amines is 2. The highest BCUT2D eigenvalue weighted by molar-refractivity contribution is 6.12. The van der Waals surface area contributed by atoms with Gasteiger partial charge in [0, 0.05) is 67.3 Å². The van der Waals surface area contributed by atoms with Gasteiger partial charge in [-0.25, -0.2) is 8.78 Å². The molecule has 0 amide bonds. The molecule has 0 unspecified atom stereocenters. The third kappa shape index (κ3) is 5.76. The number of H-pyrrole nitrogens is 2. The zero-order valence-electron chi connectivity index (χ0n) is 28.5. The number of nitrogens with one attached hydrogen (secondary N) is 4. The van der Waals surface area contributed by atoms with Gasteiger partial charge in [0.1, 0.15) is 24.8 Å². The summed E-state index contributed by atoms with van der Waals surface area (Å²) in [7, 11) is 0. The summed E-state index contributed by atoms with van der Waals surface area (Å²) in [5.74, 6) is -0.585. The summed E-state index contributed by atoms with van der Waals surface area (Å²) in [6, 6.07) is 22.5. The second kappa shape index (κ2) is 13.5. The van der Waals surface area contributed by atoms with E-state index in [1.165, 1.54) is 0 Å². The number of carbonyl (C=O) groups excluding carboxylic acids is 2. The van der Waals surface area contributed by atoms with E-state index in [2.05, 4.69) is 20.6 Å². The van der Waals surface area contributed by atoms with Gasteiger partial charge < -0.3 is 30.1 Å². The molecule has 2 atom stereocenters. The lowest BCUT2D eigenvalue weighted by Gasteiger charge is -2.12. The Labute approximate surface area is 298 Å². The standard InChI is InChI=1S/2C21H19FN2O2/c2*22-16-9-12(17-5-2-8-23-17)6-7-13(16)21-15-10-26-11-19(25)14-3-1-4-18(24-21)20(14)15/h2*1,3-4,6-7,9,17,23-24H,2,5,8,10-11H2/t2*17-/m10/s1. The number of hydrogen-bond acceptors (Lipinski definition) is 6. The van der Waals surface area contributed by atoms with Crippen LogP contribution in [-0.4, -0.2) is 47.8 Å². The van der Waals surface area contributed by atoms with Crippen LogP contribution in [0.1, 0.15) is 80.7 Å². The van der Waals surface area contributed by atoms with Gasteiger partial charge in [0.05, 0.1) is 24.6 Å². The first-order valence-corrected chi connectivity index (χ1v) is 18.0. The Morgan fingerprint density at radius 3 is 1.42 bits per heavy atom. The molecule has 6 aromatic rings. The molecule has 2 aromatic heterocycles. The number of rotatable bonds is 4. The van der Waals surface area contributed by atoms with Crippen molar-refractivity contribution in [2.24, 2.45) is 0 Å². The number of hydrogen-bond donors (Lipinski definition) is 4. The molecular formula is C42H38F2N4O4. The predicted molar refractivity (Wildman–Crippen MR) is 195 cm³/mol. The molecule has 264 valence electrons. The molecule has 4 aliphatic heterocycles. The van der Waals surface area contributed by atoms with Crippen LogP contribution >= 0.6 is 0 Å². The van der Waals surface area contributed by atoms with Crippen LogP contribution in [0.3, 0.4) is 0 Å². The Kier molecular flexibility index (Phi) is 8.55. The average Bonchev–Trinajstić information content (AvgIpc) is 3.96. The average molecular weight is 701 g/mol. The largest absolute Gasteiger partial charge is 0.369 e. The van der Waals surface area contributed by atoms with Crippen molar-refractivity contribution in [3.8, 4) is 22.5 Å². The van der Waals surface area contributed by atoms with Gasteiger partial charge in [0.2, 0.25) is 0 Å². The summed E-state index contributed by atoms with van der Waals surface area (Å²) < 4.78 is 41.0. The Morgan fingerprint density at radius 1 is 0.558 bits per heavy atom. The Bertz CT molecular complexity index is 2200. The molecule has 8 nitrogen and oxygen atoms in total. The SMILES string of the molecule is O=C1COCc2c(-c3ccc([C@@H]4CCCN4)cc3F)[nH]c3cccc1c23.O=C1COCc2c(-c3ccc([C@H]4CCCN4)cc3F)[nH]c3cccc1c23. The van der Waals surface area contributed by atoms with E-state index in [9.17, 15) is 18.4 Å². The molecule has 52 heavy (non-hydrogen) atoms. The lowest BCUT2D eigenvalue weighted by molar-refractivity contribution is 0.0738. The second-order valence-corrected chi connectivity index (χ2v) is 14.0. The van der Waals surface area contributed by atoms with Gasteiger partial charge in [0.15, 0.2) is 11.6 Å². The lowest BCUT2D eigenvalue weighted by Crippen LogP contribution is -2.13. The van der Waals surface area contributed by atoms with Gasteiger partial charge in [0.25, 0.3) is 0 Å². The van der Waals surface area contributed by atoms with E-state index in [4.69, 9.17) is 9.47 Å². The molecule has 4 aromatic carbocycles. The van der Waals surface area contributed by atoms with Crippen LogP contribution in [0.15, 0.2) is 72.8 Å². The first-order chi connectivity index (χ1) is 25.4. The van der Waals surface area contributed by atoms with Gasteiger partial charge in [-0.05, 0) is 86.3 Å². The van der Waals surface area contributed by atoms with Crippen LogP contribution in [0.2, 0.25) is 0 Å². The summed E-state index contributed by atoms with van der Waals surface area (Å²) >= 11 is 0. The van der Waals surface area contributed by atoms with Crippen LogP contribution in [-0.2, 0) is 22.7 Å².